The van der Waals surface area contributed by atoms with Crippen molar-refractivity contribution in [1.29, 1.82) is 0 Å². The second kappa shape index (κ2) is 3.21. The summed E-state index contributed by atoms with van der Waals surface area (Å²) in [5.74, 6) is -2.45. The third kappa shape index (κ3) is 2.15. The van der Waals surface area contributed by atoms with Crippen LogP contribution in [0.1, 0.15) is 12.8 Å². The minimum Gasteiger partial charge on any atom is -0.470 e. The number of aromatic nitrogens is 1. The van der Waals surface area contributed by atoms with Gasteiger partial charge in [-0.05, 0) is 0 Å². The summed E-state index contributed by atoms with van der Waals surface area (Å²) in [7, 11) is 0. The number of halogens is 2. The number of thiazole rings is 1. The molecule has 0 aromatic carbocycles. The van der Waals surface area contributed by atoms with Gasteiger partial charge in [0.2, 0.25) is 5.92 Å². The van der Waals surface area contributed by atoms with Gasteiger partial charge in [0.1, 0.15) is 0 Å². The molecule has 1 aromatic rings. The van der Waals surface area contributed by atoms with Crippen LogP contribution in [0.4, 0.5) is 8.78 Å². The largest absolute Gasteiger partial charge is 0.470 e. The quantitative estimate of drug-likeness (QED) is 0.756. The molecular weight excluding hydrogens is 196 g/mol. The Morgan fingerprint density at radius 3 is 2.92 bits per heavy atom. The molecule has 2 rings (SSSR count). The van der Waals surface area contributed by atoms with E-state index in [2.05, 4.69) is 4.98 Å². The molecule has 0 saturated heterocycles. The van der Waals surface area contributed by atoms with Crippen molar-refractivity contribution in [1.82, 2.24) is 4.98 Å². The zero-order valence-electron chi connectivity index (χ0n) is 6.87. The summed E-state index contributed by atoms with van der Waals surface area (Å²) < 4.78 is 30.0. The molecule has 0 N–H and O–H groups in total. The van der Waals surface area contributed by atoms with Gasteiger partial charge >= 0.3 is 0 Å². The fourth-order valence-electron chi connectivity index (χ4n) is 1.37. The van der Waals surface area contributed by atoms with Crippen LogP contribution in [0.25, 0.3) is 0 Å². The molecule has 1 saturated carbocycles. The van der Waals surface area contributed by atoms with Gasteiger partial charge in [0, 0.05) is 30.3 Å². The lowest BCUT2D eigenvalue weighted by Crippen LogP contribution is -2.38. The van der Waals surface area contributed by atoms with Crippen LogP contribution < -0.4 is 4.74 Å². The van der Waals surface area contributed by atoms with Crippen molar-refractivity contribution < 1.29 is 13.5 Å². The van der Waals surface area contributed by atoms with Crippen molar-refractivity contribution >= 4 is 11.3 Å². The van der Waals surface area contributed by atoms with Gasteiger partial charge in [0.05, 0.1) is 6.61 Å². The molecule has 0 bridgehead atoms. The van der Waals surface area contributed by atoms with Crippen LogP contribution >= 0.6 is 11.3 Å². The molecular formula is C8H9F2NOS. The molecule has 1 aromatic heterocycles. The number of nitrogens with zero attached hydrogens (tertiary/aromatic N) is 1. The second-order valence-corrected chi connectivity index (χ2v) is 4.10. The summed E-state index contributed by atoms with van der Waals surface area (Å²) >= 11 is 1.38. The fraction of sp³-hybridized carbons (Fsp3) is 0.625. The predicted octanol–water partition coefficient (Wildman–Crippen LogP) is 2.57. The standard InChI is InChI=1S/C8H9F2NOS/c9-8(10)3-6(4-8)5-12-7-11-1-2-13-7/h1-2,6H,3-5H2. The van der Waals surface area contributed by atoms with Gasteiger partial charge in [-0.2, -0.15) is 0 Å². The fourth-order valence-corrected chi connectivity index (χ4v) is 1.87. The lowest BCUT2D eigenvalue weighted by atomic mass is 9.82. The highest BCUT2D eigenvalue weighted by molar-refractivity contribution is 7.11. The Morgan fingerprint density at radius 2 is 2.38 bits per heavy atom. The Bertz CT molecular complexity index is 268. The molecule has 5 heteroatoms. The molecule has 0 aliphatic heterocycles. The highest BCUT2D eigenvalue weighted by Crippen LogP contribution is 2.42. The molecule has 0 spiro atoms. The topological polar surface area (TPSA) is 22.1 Å². The molecule has 1 heterocycles. The van der Waals surface area contributed by atoms with Crippen molar-refractivity contribution in [2.75, 3.05) is 6.61 Å². The van der Waals surface area contributed by atoms with E-state index in [-0.39, 0.29) is 18.8 Å². The van der Waals surface area contributed by atoms with Crippen molar-refractivity contribution in [2.24, 2.45) is 5.92 Å². The van der Waals surface area contributed by atoms with Gasteiger partial charge < -0.3 is 4.74 Å². The van der Waals surface area contributed by atoms with E-state index < -0.39 is 5.92 Å². The minimum absolute atomic E-state index is 0.00102. The van der Waals surface area contributed by atoms with Crippen LogP contribution in [0.2, 0.25) is 0 Å². The average molecular weight is 205 g/mol. The Morgan fingerprint density at radius 1 is 1.62 bits per heavy atom. The summed E-state index contributed by atoms with van der Waals surface area (Å²) in [6, 6.07) is 0. The van der Waals surface area contributed by atoms with E-state index in [1.54, 1.807) is 11.6 Å². The Balaban J connectivity index is 1.71. The molecule has 2 nitrogen and oxygen atoms in total. The summed E-state index contributed by atoms with van der Waals surface area (Å²) in [5.41, 5.74) is 0. The normalized spacial score (nSPS) is 21.1. The maximum Gasteiger partial charge on any atom is 0.273 e. The lowest BCUT2D eigenvalue weighted by molar-refractivity contribution is -0.119. The first-order valence-electron chi connectivity index (χ1n) is 4.06. The third-order valence-electron chi connectivity index (χ3n) is 2.03. The van der Waals surface area contributed by atoms with Gasteiger partial charge in [-0.1, -0.05) is 11.3 Å². The molecule has 72 valence electrons. The van der Waals surface area contributed by atoms with Crippen LogP contribution in [-0.2, 0) is 0 Å². The average Bonchev–Trinajstić information content (AvgIpc) is 2.48. The summed E-state index contributed by atoms with van der Waals surface area (Å²) in [4.78, 5) is 3.89. The van der Waals surface area contributed by atoms with Gasteiger partial charge in [0.25, 0.3) is 5.19 Å². The molecule has 0 amide bonds. The van der Waals surface area contributed by atoms with E-state index in [1.807, 2.05) is 0 Å². The number of ether oxygens (including phenoxy) is 1. The van der Waals surface area contributed by atoms with E-state index in [0.29, 0.717) is 11.8 Å². The Labute approximate surface area is 78.6 Å². The monoisotopic (exact) mass is 205 g/mol. The van der Waals surface area contributed by atoms with E-state index in [1.165, 1.54) is 11.3 Å². The molecule has 0 atom stereocenters. The first-order valence-corrected chi connectivity index (χ1v) is 4.94. The Hall–Kier alpha value is -0.710. The molecule has 13 heavy (non-hydrogen) atoms. The molecule has 0 unspecified atom stereocenters. The lowest BCUT2D eigenvalue weighted by Gasteiger charge is -2.34. The van der Waals surface area contributed by atoms with E-state index in [4.69, 9.17) is 4.74 Å². The van der Waals surface area contributed by atoms with Crippen LogP contribution in [0, 0.1) is 5.92 Å². The Kier molecular flexibility index (Phi) is 2.19. The van der Waals surface area contributed by atoms with Gasteiger partial charge in [-0.15, -0.1) is 0 Å². The molecule has 1 aliphatic carbocycles. The van der Waals surface area contributed by atoms with Crippen molar-refractivity contribution in [3.05, 3.63) is 11.6 Å². The highest BCUT2D eigenvalue weighted by Gasteiger charge is 2.45. The van der Waals surface area contributed by atoms with Gasteiger partial charge in [-0.3, -0.25) is 0 Å². The van der Waals surface area contributed by atoms with Crippen LogP contribution in [-0.4, -0.2) is 17.5 Å². The first-order chi connectivity index (χ1) is 6.16. The van der Waals surface area contributed by atoms with E-state index in [0.717, 1.165) is 0 Å². The molecule has 1 fully saturated rings. The highest BCUT2D eigenvalue weighted by atomic mass is 32.1. The summed E-state index contributed by atoms with van der Waals surface area (Å²) in [5, 5.41) is 2.36. The SMILES string of the molecule is FC1(F)CC(COc2nccs2)C1. The smallest absolute Gasteiger partial charge is 0.273 e. The minimum atomic E-state index is -2.45. The number of hydrogen-bond acceptors (Lipinski definition) is 3. The number of alkyl halides is 2. The van der Waals surface area contributed by atoms with E-state index in [9.17, 15) is 8.78 Å². The third-order valence-corrected chi connectivity index (χ3v) is 2.71. The maximum absolute atomic E-state index is 12.4. The zero-order valence-corrected chi connectivity index (χ0v) is 7.69. The van der Waals surface area contributed by atoms with Gasteiger partial charge in [0.15, 0.2) is 0 Å². The first kappa shape index (κ1) is 8.87. The van der Waals surface area contributed by atoms with Crippen molar-refractivity contribution in [3.63, 3.8) is 0 Å². The van der Waals surface area contributed by atoms with Crippen LogP contribution in [0.3, 0.4) is 0 Å². The van der Waals surface area contributed by atoms with Crippen molar-refractivity contribution in [3.8, 4) is 5.19 Å². The number of rotatable bonds is 3. The van der Waals surface area contributed by atoms with E-state index >= 15 is 0 Å². The van der Waals surface area contributed by atoms with Gasteiger partial charge in [-0.25, -0.2) is 13.8 Å². The predicted molar refractivity (Wildman–Crippen MR) is 45.3 cm³/mol. The molecule has 1 aliphatic rings. The molecule has 0 radical (unpaired) electrons. The summed E-state index contributed by atoms with van der Waals surface area (Å²) in [6.07, 6.45) is 1.55. The maximum atomic E-state index is 12.4. The zero-order chi connectivity index (χ0) is 9.31. The van der Waals surface area contributed by atoms with Crippen LogP contribution in [0.5, 0.6) is 5.19 Å². The van der Waals surface area contributed by atoms with Crippen LogP contribution in [0.15, 0.2) is 11.6 Å². The van der Waals surface area contributed by atoms with Crippen molar-refractivity contribution in [2.45, 2.75) is 18.8 Å². The summed E-state index contributed by atoms with van der Waals surface area (Å²) in [6.45, 7) is 0.364. The second-order valence-electron chi connectivity index (χ2n) is 3.24. The number of hydrogen-bond donors (Lipinski definition) is 0.